The number of hydrogen-bond acceptors (Lipinski definition) is 1. The smallest absolute Gasteiger partial charge is 0.309 e. The number of aliphatic carboxylic acids is 1. The molecule has 122 valence electrons. The van der Waals surface area contributed by atoms with Gasteiger partial charge in [0.2, 0.25) is 0 Å². The molecule has 3 aliphatic carbocycles. The number of hydrogen-bond donors (Lipinski definition) is 1. The summed E-state index contributed by atoms with van der Waals surface area (Å²) in [7, 11) is 0. The minimum atomic E-state index is -0.581. The normalized spacial score (nSPS) is 48.2. The lowest BCUT2D eigenvalue weighted by molar-refractivity contribution is -0.172. The fraction of sp³-hybridized carbons (Fsp3) is 0.750. The summed E-state index contributed by atoms with van der Waals surface area (Å²) in [6.07, 6.45) is 9.67. The van der Waals surface area contributed by atoms with Crippen molar-refractivity contribution in [3.05, 3.63) is 24.8 Å². The average molecular weight is 302 g/mol. The van der Waals surface area contributed by atoms with Crippen LogP contribution in [-0.4, -0.2) is 11.1 Å². The van der Waals surface area contributed by atoms with Gasteiger partial charge in [0.15, 0.2) is 0 Å². The van der Waals surface area contributed by atoms with Gasteiger partial charge in [-0.05, 0) is 68.6 Å². The van der Waals surface area contributed by atoms with Gasteiger partial charge >= 0.3 is 5.97 Å². The standard InChI is InChI=1S/C20H30O2/c1-5-14-13(2)7-9-16-15(14)8-10-17-19(16,3)11-6-12-20(17,4)18(21)22/h5,14-17H,1-2,6-12H2,3-4H3,(H,21,22)/t14?,15?,16?,17?,19-,20-/m1/s1. The van der Waals surface area contributed by atoms with E-state index in [0.29, 0.717) is 23.7 Å². The van der Waals surface area contributed by atoms with Gasteiger partial charge in [0.05, 0.1) is 5.41 Å². The molecule has 0 bridgehead atoms. The monoisotopic (exact) mass is 302 g/mol. The molecular weight excluding hydrogens is 272 g/mol. The Morgan fingerprint density at radius 2 is 2.00 bits per heavy atom. The van der Waals surface area contributed by atoms with E-state index in [-0.39, 0.29) is 5.41 Å². The highest BCUT2D eigenvalue weighted by Crippen LogP contribution is 2.65. The molecule has 0 aromatic rings. The van der Waals surface area contributed by atoms with Gasteiger partial charge in [0, 0.05) is 5.92 Å². The third-order valence-electron chi connectivity index (χ3n) is 7.58. The molecule has 0 saturated heterocycles. The van der Waals surface area contributed by atoms with E-state index in [9.17, 15) is 9.90 Å². The molecule has 4 unspecified atom stereocenters. The number of fused-ring (bicyclic) bond motifs is 3. The highest BCUT2D eigenvalue weighted by molar-refractivity contribution is 5.75. The Labute approximate surface area is 134 Å². The van der Waals surface area contributed by atoms with Crippen molar-refractivity contribution in [3.63, 3.8) is 0 Å². The Bertz CT molecular complexity index is 508. The highest BCUT2D eigenvalue weighted by atomic mass is 16.4. The number of allylic oxidation sites excluding steroid dienone is 2. The second kappa shape index (κ2) is 5.25. The molecule has 0 amide bonds. The Kier molecular flexibility index (Phi) is 3.78. The van der Waals surface area contributed by atoms with Gasteiger partial charge in [-0.15, -0.1) is 6.58 Å². The molecule has 2 nitrogen and oxygen atoms in total. The lowest BCUT2D eigenvalue weighted by Gasteiger charge is -2.61. The quantitative estimate of drug-likeness (QED) is 0.724. The van der Waals surface area contributed by atoms with Crippen LogP contribution >= 0.6 is 0 Å². The second-order valence-electron chi connectivity index (χ2n) is 8.44. The van der Waals surface area contributed by atoms with Crippen LogP contribution in [0.2, 0.25) is 0 Å². The molecule has 0 heterocycles. The molecule has 3 rings (SSSR count). The Hall–Kier alpha value is -1.05. The van der Waals surface area contributed by atoms with E-state index >= 15 is 0 Å². The summed E-state index contributed by atoms with van der Waals surface area (Å²) in [5.74, 6) is 1.45. The van der Waals surface area contributed by atoms with Crippen LogP contribution in [0.4, 0.5) is 0 Å². The van der Waals surface area contributed by atoms with Gasteiger partial charge in [0.25, 0.3) is 0 Å². The van der Waals surface area contributed by atoms with Crippen LogP contribution < -0.4 is 0 Å². The lowest BCUT2D eigenvalue weighted by Crippen LogP contribution is -2.56. The van der Waals surface area contributed by atoms with E-state index in [2.05, 4.69) is 26.2 Å². The first-order valence-corrected chi connectivity index (χ1v) is 8.88. The molecule has 2 heteroatoms. The molecule has 0 aromatic heterocycles. The fourth-order valence-corrected chi connectivity index (χ4v) is 6.44. The van der Waals surface area contributed by atoms with Crippen LogP contribution in [0.1, 0.15) is 58.8 Å². The predicted octanol–water partition coefficient (Wildman–Crippen LogP) is 5.06. The van der Waals surface area contributed by atoms with E-state index < -0.39 is 11.4 Å². The molecule has 22 heavy (non-hydrogen) atoms. The van der Waals surface area contributed by atoms with E-state index in [1.165, 1.54) is 18.4 Å². The van der Waals surface area contributed by atoms with Crippen molar-refractivity contribution in [1.82, 2.24) is 0 Å². The molecule has 1 N–H and O–H groups in total. The van der Waals surface area contributed by atoms with Crippen molar-refractivity contribution < 1.29 is 9.90 Å². The topological polar surface area (TPSA) is 37.3 Å². The first-order chi connectivity index (χ1) is 10.3. The van der Waals surface area contributed by atoms with Crippen LogP contribution in [0, 0.1) is 34.5 Å². The summed E-state index contributed by atoms with van der Waals surface area (Å²) >= 11 is 0. The lowest BCUT2D eigenvalue weighted by atomic mass is 9.43. The van der Waals surface area contributed by atoms with Crippen molar-refractivity contribution in [3.8, 4) is 0 Å². The third-order valence-corrected chi connectivity index (χ3v) is 7.58. The van der Waals surface area contributed by atoms with Crippen molar-refractivity contribution in [2.75, 3.05) is 0 Å². The predicted molar refractivity (Wildman–Crippen MR) is 89.5 cm³/mol. The maximum absolute atomic E-state index is 12.0. The van der Waals surface area contributed by atoms with Gasteiger partial charge in [-0.1, -0.05) is 31.6 Å². The van der Waals surface area contributed by atoms with E-state index in [4.69, 9.17) is 0 Å². The Morgan fingerprint density at radius 3 is 2.64 bits per heavy atom. The van der Waals surface area contributed by atoms with Gasteiger partial charge in [0.1, 0.15) is 0 Å². The van der Waals surface area contributed by atoms with Crippen LogP contribution in [0.5, 0.6) is 0 Å². The minimum Gasteiger partial charge on any atom is -0.481 e. The zero-order valence-electron chi connectivity index (χ0n) is 14.1. The van der Waals surface area contributed by atoms with Gasteiger partial charge in [-0.2, -0.15) is 0 Å². The van der Waals surface area contributed by atoms with Crippen molar-refractivity contribution in [1.29, 1.82) is 0 Å². The maximum Gasteiger partial charge on any atom is 0.309 e. The molecule has 3 saturated carbocycles. The first kappa shape index (κ1) is 15.8. The van der Waals surface area contributed by atoms with E-state index in [1.807, 2.05) is 6.92 Å². The van der Waals surface area contributed by atoms with Gasteiger partial charge < -0.3 is 5.11 Å². The summed E-state index contributed by atoms with van der Waals surface area (Å²) in [4.78, 5) is 12.0. The molecular formula is C20H30O2. The van der Waals surface area contributed by atoms with Crippen LogP contribution in [0.3, 0.4) is 0 Å². The van der Waals surface area contributed by atoms with Crippen LogP contribution in [0.15, 0.2) is 24.8 Å². The molecule has 3 fully saturated rings. The Balaban J connectivity index is 1.97. The molecule has 6 atom stereocenters. The zero-order chi connectivity index (χ0) is 16.1. The van der Waals surface area contributed by atoms with E-state index in [0.717, 1.165) is 32.1 Å². The number of carboxylic acids is 1. The molecule has 0 aliphatic heterocycles. The third kappa shape index (κ3) is 2.02. The first-order valence-electron chi connectivity index (χ1n) is 8.88. The average Bonchev–Trinajstić information content (AvgIpc) is 2.46. The van der Waals surface area contributed by atoms with Gasteiger partial charge in [-0.3, -0.25) is 4.79 Å². The summed E-state index contributed by atoms with van der Waals surface area (Å²) in [6.45, 7) is 12.7. The van der Waals surface area contributed by atoms with E-state index in [1.54, 1.807) is 0 Å². The summed E-state index contributed by atoms with van der Waals surface area (Å²) in [5, 5.41) is 9.86. The molecule has 0 aromatic carbocycles. The van der Waals surface area contributed by atoms with Crippen molar-refractivity contribution in [2.24, 2.45) is 34.5 Å². The number of carbonyl (C=O) groups is 1. The summed E-state index contributed by atoms with van der Waals surface area (Å²) in [5.41, 5.74) is 0.988. The molecule has 3 aliphatic rings. The van der Waals surface area contributed by atoms with Crippen molar-refractivity contribution in [2.45, 2.75) is 58.8 Å². The fourth-order valence-electron chi connectivity index (χ4n) is 6.44. The number of carboxylic acid groups (broad SMARTS) is 1. The second-order valence-corrected chi connectivity index (χ2v) is 8.44. The molecule has 0 radical (unpaired) electrons. The Morgan fingerprint density at radius 1 is 1.27 bits per heavy atom. The summed E-state index contributed by atoms with van der Waals surface area (Å²) in [6, 6.07) is 0. The minimum absolute atomic E-state index is 0.177. The van der Waals surface area contributed by atoms with Crippen LogP contribution in [0.25, 0.3) is 0 Å². The van der Waals surface area contributed by atoms with Crippen molar-refractivity contribution >= 4 is 5.97 Å². The zero-order valence-corrected chi connectivity index (χ0v) is 14.1. The SMILES string of the molecule is C=CC1C(=C)CCC2C1CCC1[C@]2(C)CCC[C@@]1(C)C(=O)O. The largest absolute Gasteiger partial charge is 0.481 e. The van der Waals surface area contributed by atoms with Crippen LogP contribution in [-0.2, 0) is 4.79 Å². The number of rotatable bonds is 2. The molecule has 0 spiro atoms. The van der Waals surface area contributed by atoms with Gasteiger partial charge in [-0.25, -0.2) is 0 Å². The highest BCUT2D eigenvalue weighted by Gasteiger charge is 2.59. The maximum atomic E-state index is 12.0. The summed E-state index contributed by atoms with van der Waals surface area (Å²) < 4.78 is 0.